The van der Waals surface area contributed by atoms with Crippen molar-refractivity contribution in [3.8, 4) is 11.5 Å². The molecule has 0 saturated carbocycles. The van der Waals surface area contributed by atoms with Gasteiger partial charge in [-0.25, -0.2) is 0 Å². The molecule has 4 aliphatic rings. The number of hydrogen-bond donors (Lipinski definition) is 1. The van der Waals surface area contributed by atoms with Crippen LogP contribution in [-0.4, -0.2) is 6.71 Å². The summed E-state index contributed by atoms with van der Waals surface area (Å²) in [5, 5.41) is 4.17. The summed E-state index contributed by atoms with van der Waals surface area (Å²) < 4.78 is 6.80. The minimum atomic E-state index is 0.0106. The van der Waals surface area contributed by atoms with Gasteiger partial charge in [-0.15, -0.1) is 0 Å². The van der Waals surface area contributed by atoms with E-state index >= 15 is 0 Å². The van der Waals surface area contributed by atoms with E-state index in [4.69, 9.17) is 4.74 Å². The van der Waals surface area contributed by atoms with Crippen molar-refractivity contribution in [1.82, 2.24) is 0 Å². The molecular weight excluding hydrogens is 597 g/mol. The van der Waals surface area contributed by atoms with Crippen LogP contribution in [0, 0.1) is 0 Å². The minimum absolute atomic E-state index is 0.0106. The standard InChI is InChI=1S/C44H38BN3O/c1-43(2)25-26-44(3,4)39-29(43)27-38-40-42(39)46-41-31(45(40)30-17-8-13-24-37(30)49-38)18-14-23-36(41)48-34-21-11-9-19-32(34)47(28-15-6-5-7-16-28)33-20-10-12-22-35(33)48/h5-24,27,46H,25-26H2,1-4H3. The van der Waals surface area contributed by atoms with Gasteiger partial charge in [0.1, 0.15) is 11.5 Å². The third-order valence-corrected chi connectivity index (χ3v) is 11.5. The van der Waals surface area contributed by atoms with Gasteiger partial charge in [-0.1, -0.05) is 100 Å². The first-order valence-corrected chi connectivity index (χ1v) is 17.5. The van der Waals surface area contributed by atoms with Gasteiger partial charge in [-0.3, -0.25) is 0 Å². The monoisotopic (exact) mass is 635 g/mol. The molecule has 0 unspecified atom stereocenters. The number of nitrogens with one attached hydrogen (secondary N) is 1. The molecular formula is C44H38BN3O. The molecule has 3 heterocycles. The van der Waals surface area contributed by atoms with Crippen LogP contribution in [0.3, 0.4) is 0 Å². The second-order valence-corrected chi connectivity index (χ2v) is 15.3. The zero-order valence-corrected chi connectivity index (χ0v) is 28.4. The van der Waals surface area contributed by atoms with Crippen molar-refractivity contribution in [2.24, 2.45) is 0 Å². The number of fused-ring (bicyclic) bond motifs is 8. The van der Waals surface area contributed by atoms with Crippen molar-refractivity contribution in [2.45, 2.75) is 51.4 Å². The molecule has 0 radical (unpaired) electrons. The lowest BCUT2D eigenvalue weighted by atomic mass is 9.33. The van der Waals surface area contributed by atoms with Crippen LogP contribution in [0.1, 0.15) is 51.7 Å². The van der Waals surface area contributed by atoms with Crippen LogP contribution in [0.5, 0.6) is 11.5 Å². The van der Waals surface area contributed by atoms with Crippen molar-refractivity contribution < 1.29 is 4.74 Å². The SMILES string of the molecule is CC1(C)CCC(C)(C)c2c1cc1c3c2Nc2c(cccc2N2c4ccccc4N(c4ccccc4)c4ccccc42)B3c2ccccc2O1. The molecule has 0 spiro atoms. The highest BCUT2D eigenvalue weighted by molar-refractivity contribution is 6.99. The molecule has 0 fully saturated rings. The average molecular weight is 636 g/mol. The summed E-state index contributed by atoms with van der Waals surface area (Å²) in [6, 6.07) is 46.2. The smallest absolute Gasteiger partial charge is 0.256 e. The summed E-state index contributed by atoms with van der Waals surface area (Å²) >= 11 is 0. The van der Waals surface area contributed by atoms with E-state index in [0.717, 1.165) is 64.2 Å². The molecule has 3 aliphatic heterocycles. The zero-order valence-electron chi connectivity index (χ0n) is 28.4. The fourth-order valence-corrected chi connectivity index (χ4v) is 9.01. The second-order valence-electron chi connectivity index (χ2n) is 15.3. The van der Waals surface area contributed by atoms with Gasteiger partial charge in [-0.05, 0) is 106 Å². The molecule has 1 N–H and O–H groups in total. The number of anilines is 8. The molecule has 6 aromatic carbocycles. The second kappa shape index (κ2) is 10.1. The van der Waals surface area contributed by atoms with Gasteiger partial charge in [0.05, 0.1) is 34.1 Å². The van der Waals surface area contributed by atoms with Crippen LogP contribution in [-0.2, 0) is 10.8 Å². The molecule has 238 valence electrons. The Morgan fingerprint density at radius 2 is 1.12 bits per heavy atom. The van der Waals surface area contributed by atoms with Gasteiger partial charge in [0.2, 0.25) is 0 Å². The van der Waals surface area contributed by atoms with Gasteiger partial charge in [0, 0.05) is 11.4 Å². The first-order valence-electron chi connectivity index (χ1n) is 17.5. The molecule has 5 heteroatoms. The van der Waals surface area contributed by atoms with Gasteiger partial charge < -0.3 is 19.9 Å². The molecule has 0 bridgehead atoms. The van der Waals surface area contributed by atoms with E-state index in [9.17, 15) is 0 Å². The fraction of sp³-hybridized carbons (Fsp3) is 0.182. The van der Waals surface area contributed by atoms with Crippen LogP contribution in [0.2, 0.25) is 0 Å². The molecule has 0 amide bonds. The number of nitrogens with zero attached hydrogens (tertiary/aromatic N) is 2. The van der Waals surface area contributed by atoms with E-state index in [-0.39, 0.29) is 17.5 Å². The Bertz CT molecular complexity index is 2280. The largest absolute Gasteiger partial charge is 0.458 e. The Hall–Kier alpha value is -5.42. The van der Waals surface area contributed by atoms with E-state index in [1.165, 1.54) is 33.2 Å². The highest BCUT2D eigenvalue weighted by Crippen LogP contribution is 2.56. The number of rotatable bonds is 2. The number of para-hydroxylation sites is 7. The summed E-state index contributed by atoms with van der Waals surface area (Å²) in [6.07, 6.45) is 2.28. The van der Waals surface area contributed by atoms with E-state index in [2.05, 4.69) is 170 Å². The highest BCUT2D eigenvalue weighted by atomic mass is 16.5. The topological polar surface area (TPSA) is 27.7 Å². The molecule has 0 aromatic heterocycles. The quantitative estimate of drug-likeness (QED) is 0.191. The normalized spacial score (nSPS) is 16.9. The maximum Gasteiger partial charge on any atom is 0.256 e. The number of hydrogen-bond acceptors (Lipinski definition) is 4. The maximum atomic E-state index is 6.80. The third-order valence-electron chi connectivity index (χ3n) is 11.5. The molecule has 4 nitrogen and oxygen atoms in total. The summed E-state index contributed by atoms with van der Waals surface area (Å²) in [4.78, 5) is 4.86. The first kappa shape index (κ1) is 28.6. The van der Waals surface area contributed by atoms with E-state index in [0.29, 0.717) is 0 Å². The summed E-state index contributed by atoms with van der Waals surface area (Å²) in [6.45, 7) is 9.70. The van der Waals surface area contributed by atoms with Crippen LogP contribution in [0.4, 0.5) is 45.5 Å². The van der Waals surface area contributed by atoms with Crippen LogP contribution in [0.25, 0.3) is 0 Å². The fourth-order valence-electron chi connectivity index (χ4n) is 9.01. The van der Waals surface area contributed by atoms with Gasteiger partial charge in [0.15, 0.2) is 0 Å². The van der Waals surface area contributed by atoms with Crippen molar-refractivity contribution >= 4 is 68.6 Å². The lowest BCUT2D eigenvalue weighted by Crippen LogP contribution is -2.59. The Morgan fingerprint density at radius 3 is 1.84 bits per heavy atom. The summed E-state index contributed by atoms with van der Waals surface area (Å²) in [5.74, 6) is 1.93. The molecule has 0 saturated heterocycles. The van der Waals surface area contributed by atoms with Gasteiger partial charge in [0.25, 0.3) is 6.71 Å². The minimum Gasteiger partial charge on any atom is -0.458 e. The molecule has 10 rings (SSSR count). The van der Waals surface area contributed by atoms with E-state index < -0.39 is 0 Å². The van der Waals surface area contributed by atoms with E-state index in [1.807, 2.05) is 0 Å². The van der Waals surface area contributed by atoms with Crippen molar-refractivity contribution in [2.75, 3.05) is 15.1 Å². The molecule has 0 atom stereocenters. The predicted molar refractivity (Wildman–Crippen MR) is 206 cm³/mol. The van der Waals surface area contributed by atoms with Crippen molar-refractivity contribution in [3.05, 3.63) is 139 Å². The lowest BCUT2D eigenvalue weighted by Gasteiger charge is -2.47. The molecule has 6 aromatic rings. The molecule has 1 aliphatic carbocycles. The third kappa shape index (κ3) is 3.99. The highest BCUT2D eigenvalue weighted by Gasteiger charge is 2.47. The Balaban J connectivity index is 1.26. The van der Waals surface area contributed by atoms with Crippen molar-refractivity contribution in [1.29, 1.82) is 0 Å². The zero-order chi connectivity index (χ0) is 33.1. The van der Waals surface area contributed by atoms with Crippen LogP contribution in [0.15, 0.2) is 127 Å². The lowest BCUT2D eigenvalue weighted by molar-refractivity contribution is 0.331. The molecule has 49 heavy (non-hydrogen) atoms. The van der Waals surface area contributed by atoms with Crippen LogP contribution >= 0.6 is 0 Å². The van der Waals surface area contributed by atoms with Crippen LogP contribution < -0.4 is 36.2 Å². The average Bonchev–Trinajstić information content (AvgIpc) is 3.12. The number of ether oxygens (including phenoxy) is 1. The number of benzene rings is 6. The Kier molecular flexibility index (Phi) is 5.86. The van der Waals surface area contributed by atoms with E-state index in [1.54, 1.807) is 0 Å². The maximum absolute atomic E-state index is 6.80. The summed E-state index contributed by atoms with van der Waals surface area (Å²) in [7, 11) is 0. The predicted octanol–water partition coefficient (Wildman–Crippen LogP) is 9.97. The van der Waals surface area contributed by atoms with Gasteiger partial charge >= 0.3 is 0 Å². The Morgan fingerprint density at radius 1 is 0.551 bits per heavy atom. The first-order chi connectivity index (χ1) is 23.8. The van der Waals surface area contributed by atoms with Gasteiger partial charge in [-0.2, -0.15) is 0 Å². The Labute approximate surface area is 289 Å². The summed E-state index contributed by atoms with van der Waals surface area (Å²) in [5.41, 5.74) is 15.9. The van der Waals surface area contributed by atoms with Crippen molar-refractivity contribution in [3.63, 3.8) is 0 Å².